The summed E-state index contributed by atoms with van der Waals surface area (Å²) in [4.78, 5) is 9.59. The van der Waals surface area contributed by atoms with Gasteiger partial charge in [-0.1, -0.05) is 25.4 Å². The van der Waals surface area contributed by atoms with Crippen molar-refractivity contribution in [2.24, 2.45) is 0 Å². The summed E-state index contributed by atoms with van der Waals surface area (Å²) in [6.45, 7) is 6.20. The minimum Gasteiger partial charge on any atom is -0.312 e. The van der Waals surface area contributed by atoms with Crippen molar-refractivity contribution in [1.82, 2.24) is 15.3 Å². The van der Waals surface area contributed by atoms with Crippen LogP contribution in [0.25, 0.3) is 11.4 Å². The second kappa shape index (κ2) is 6.03. The molecular weight excluding hydrogens is 350 g/mol. The lowest BCUT2D eigenvalue weighted by molar-refractivity contribution is 0.609. The largest absolute Gasteiger partial charge is 0.312 e. The molecule has 2 heterocycles. The van der Waals surface area contributed by atoms with Crippen molar-refractivity contribution in [3.05, 3.63) is 44.6 Å². The van der Waals surface area contributed by atoms with Crippen LogP contribution in [0.15, 0.2) is 22.7 Å². The molecule has 3 nitrogen and oxygen atoms in total. The fraction of sp³-hybridized carbons (Fsp3) is 0.375. The van der Waals surface area contributed by atoms with Gasteiger partial charge < -0.3 is 5.32 Å². The first kappa shape index (κ1) is 14.9. The van der Waals surface area contributed by atoms with E-state index in [0.717, 1.165) is 41.1 Å². The standard InChI is InChI=1S/C16H17BrClN3/c1-9(2)15-11-8-19-6-5-14(11)20-16(21-15)10-3-4-13(18)12(17)7-10/h3-4,7,9,19H,5-6,8H2,1-2H3. The molecule has 0 atom stereocenters. The third-order valence-electron chi connectivity index (χ3n) is 3.69. The highest BCUT2D eigenvalue weighted by atomic mass is 79.9. The van der Waals surface area contributed by atoms with Crippen molar-refractivity contribution in [2.45, 2.75) is 32.7 Å². The summed E-state index contributed by atoms with van der Waals surface area (Å²) >= 11 is 9.54. The lowest BCUT2D eigenvalue weighted by atomic mass is 9.98. The number of rotatable bonds is 2. The zero-order valence-electron chi connectivity index (χ0n) is 12.1. The molecule has 0 bridgehead atoms. The number of aromatic nitrogens is 2. The van der Waals surface area contributed by atoms with Crippen molar-refractivity contribution >= 4 is 27.5 Å². The van der Waals surface area contributed by atoms with Crippen LogP contribution in [0.3, 0.4) is 0 Å². The van der Waals surface area contributed by atoms with E-state index in [-0.39, 0.29) is 0 Å². The van der Waals surface area contributed by atoms with Gasteiger partial charge in [0.2, 0.25) is 0 Å². The summed E-state index contributed by atoms with van der Waals surface area (Å²) < 4.78 is 0.871. The Morgan fingerprint density at radius 3 is 2.81 bits per heavy atom. The third kappa shape index (κ3) is 2.98. The van der Waals surface area contributed by atoms with Gasteiger partial charge in [-0.15, -0.1) is 0 Å². The van der Waals surface area contributed by atoms with Gasteiger partial charge in [0.15, 0.2) is 5.82 Å². The van der Waals surface area contributed by atoms with Crippen LogP contribution in [0.2, 0.25) is 5.02 Å². The molecule has 1 aromatic heterocycles. The molecule has 1 aliphatic heterocycles. The summed E-state index contributed by atoms with van der Waals surface area (Å²) in [6, 6.07) is 5.83. The maximum atomic E-state index is 6.07. The molecule has 0 fully saturated rings. The normalized spacial score (nSPS) is 14.3. The van der Waals surface area contributed by atoms with E-state index >= 15 is 0 Å². The molecule has 110 valence electrons. The Bertz CT molecular complexity index is 685. The third-order valence-corrected chi connectivity index (χ3v) is 4.90. The molecule has 5 heteroatoms. The lowest BCUT2D eigenvalue weighted by Gasteiger charge is -2.21. The van der Waals surface area contributed by atoms with Gasteiger partial charge in [0.1, 0.15) is 0 Å². The Labute approximate surface area is 138 Å². The molecule has 1 aliphatic rings. The fourth-order valence-corrected chi connectivity index (χ4v) is 3.11. The molecule has 21 heavy (non-hydrogen) atoms. The number of halogens is 2. The summed E-state index contributed by atoms with van der Waals surface area (Å²) in [5.74, 6) is 1.17. The Morgan fingerprint density at radius 2 is 2.10 bits per heavy atom. The number of nitrogens with zero attached hydrogens (tertiary/aromatic N) is 2. The van der Waals surface area contributed by atoms with Gasteiger partial charge in [-0.3, -0.25) is 0 Å². The van der Waals surface area contributed by atoms with Crippen molar-refractivity contribution in [3.63, 3.8) is 0 Å². The second-order valence-corrected chi connectivity index (χ2v) is 6.83. The highest BCUT2D eigenvalue weighted by molar-refractivity contribution is 9.10. The van der Waals surface area contributed by atoms with Crippen LogP contribution < -0.4 is 5.32 Å². The monoisotopic (exact) mass is 365 g/mol. The Kier molecular flexibility index (Phi) is 4.29. The van der Waals surface area contributed by atoms with E-state index in [4.69, 9.17) is 21.6 Å². The molecule has 0 saturated carbocycles. The van der Waals surface area contributed by atoms with Crippen LogP contribution in [0, 0.1) is 0 Å². The van der Waals surface area contributed by atoms with Gasteiger partial charge in [0.05, 0.1) is 16.4 Å². The molecule has 0 aliphatic carbocycles. The molecule has 0 saturated heterocycles. The van der Waals surface area contributed by atoms with Crippen LogP contribution in [-0.4, -0.2) is 16.5 Å². The first-order valence-electron chi connectivity index (χ1n) is 7.12. The maximum Gasteiger partial charge on any atom is 0.159 e. The van der Waals surface area contributed by atoms with Crippen molar-refractivity contribution in [3.8, 4) is 11.4 Å². The first-order valence-corrected chi connectivity index (χ1v) is 8.29. The molecular formula is C16H17BrClN3. The number of benzene rings is 1. The number of hydrogen-bond donors (Lipinski definition) is 1. The average Bonchev–Trinajstić information content (AvgIpc) is 2.48. The van der Waals surface area contributed by atoms with Crippen LogP contribution in [0.1, 0.15) is 36.7 Å². The Balaban J connectivity index is 2.14. The summed E-state index contributed by atoms with van der Waals surface area (Å²) in [6.07, 6.45) is 0.958. The zero-order chi connectivity index (χ0) is 15.0. The predicted octanol–water partition coefficient (Wildman–Crippen LogP) is 4.33. The highest BCUT2D eigenvalue weighted by Gasteiger charge is 2.20. The minimum absolute atomic E-state index is 0.385. The van der Waals surface area contributed by atoms with E-state index in [1.807, 2.05) is 18.2 Å². The molecule has 0 unspecified atom stereocenters. The second-order valence-electron chi connectivity index (χ2n) is 5.57. The summed E-state index contributed by atoms with van der Waals surface area (Å²) in [7, 11) is 0. The molecule has 1 aromatic carbocycles. The molecule has 1 N–H and O–H groups in total. The SMILES string of the molecule is CC(C)c1nc(-c2ccc(Cl)c(Br)c2)nc2c1CNCC2. The fourth-order valence-electron chi connectivity index (χ4n) is 2.61. The van der Waals surface area contributed by atoms with E-state index in [0.29, 0.717) is 10.9 Å². The lowest BCUT2D eigenvalue weighted by Crippen LogP contribution is -2.27. The van der Waals surface area contributed by atoms with Crippen LogP contribution in [0.4, 0.5) is 0 Å². The van der Waals surface area contributed by atoms with Gasteiger partial charge >= 0.3 is 0 Å². The average molecular weight is 367 g/mol. The van der Waals surface area contributed by atoms with Gasteiger partial charge in [-0.25, -0.2) is 9.97 Å². The van der Waals surface area contributed by atoms with E-state index in [2.05, 4.69) is 35.1 Å². The quantitative estimate of drug-likeness (QED) is 0.859. The van der Waals surface area contributed by atoms with Gasteiger partial charge in [-0.05, 0) is 40.0 Å². The number of fused-ring (bicyclic) bond motifs is 1. The van der Waals surface area contributed by atoms with E-state index in [1.165, 1.54) is 11.3 Å². The Morgan fingerprint density at radius 1 is 1.29 bits per heavy atom. The van der Waals surface area contributed by atoms with Gasteiger partial charge in [-0.2, -0.15) is 0 Å². The topological polar surface area (TPSA) is 37.8 Å². The smallest absolute Gasteiger partial charge is 0.159 e. The maximum absolute atomic E-state index is 6.07. The molecule has 0 radical (unpaired) electrons. The zero-order valence-corrected chi connectivity index (χ0v) is 14.4. The van der Waals surface area contributed by atoms with Crippen molar-refractivity contribution < 1.29 is 0 Å². The molecule has 0 amide bonds. The van der Waals surface area contributed by atoms with E-state index < -0.39 is 0 Å². The Hall–Kier alpha value is -0.970. The van der Waals surface area contributed by atoms with Crippen LogP contribution >= 0.6 is 27.5 Å². The summed E-state index contributed by atoms with van der Waals surface area (Å²) in [5.41, 5.74) is 4.59. The van der Waals surface area contributed by atoms with Crippen LogP contribution in [0.5, 0.6) is 0 Å². The number of hydrogen-bond acceptors (Lipinski definition) is 3. The summed E-state index contributed by atoms with van der Waals surface area (Å²) in [5, 5.41) is 4.11. The molecule has 0 spiro atoms. The number of nitrogens with one attached hydrogen (secondary N) is 1. The van der Waals surface area contributed by atoms with Crippen molar-refractivity contribution in [2.75, 3.05) is 6.54 Å². The van der Waals surface area contributed by atoms with E-state index in [1.54, 1.807) is 0 Å². The van der Waals surface area contributed by atoms with Crippen LogP contribution in [-0.2, 0) is 13.0 Å². The predicted molar refractivity (Wildman–Crippen MR) is 89.7 cm³/mol. The van der Waals surface area contributed by atoms with Crippen molar-refractivity contribution in [1.29, 1.82) is 0 Å². The van der Waals surface area contributed by atoms with Gasteiger partial charge in [0, 0.05) is 35.1 Å². The highest BCUT2D eigenvalue weighted by Crippen LogP contribution is 2.30. The molecule has 3 rings (SSSR count). The first-order chi connectivity index (χ1) is 10.1. The van der Waals surface area contributed by atoms with E-state index in [9.17, 15) is 0 Å². The molecule has 2 aromatic rings. The minimum atomic E-state index is 0.385. The van der Waals surface area contributed by atoms with Gasteiger partial charge in [0.25, 0.3) is 0 Å².